The first-order chi connectivity index (χ1) is 16.7. The molecule has 0 unspecified atom stereocenters. The number of rotatable bonds is 7. The van der Waals surface area contributed by atoms with E-state index in [9.17, 15) is 9.90 Å². The first-order valence-corrected chi connectivity index (χ1v) is 11.2. The predicted molar refractivity (Wildman–Crippen MR) is 134 cm³/mol. The van der Waals surface area contributed by atoms with Gasteiger partial charge in [-0.1, -0.05) is 103 Å². The van der Waals surface area contributed by atoms with Crippen LogP contribution in [0, 0.1) is 0 Å². The Morgan fingerprint density at radius 2 is 1.35 bits per heavy atom. The maximum absolute atomic E-state index is 12.4. The second-order valence-electron chi connectivity index (χ2n) is 8.08. The van der Waals surface area contributed by atoms with E-state index in [1.165, 1.54) is 0 Å². The summed E-state index contributed by atoms with van der Waals surface area (Å²) in [6, 6.07) is 35.4. The molecule has 4 nitrogen and oxygen atoms in total. The van der Waals surface area contributed by atoms with Gasteiger partial charge in [0.15, 0.2) is 5.69 Å². The van der Waals surface area contributed by atoms with Gasteiger partial charge < -0.3 is 9.84 Å². The van der Waals surface area contributed by atoms with Gasteiger partial charge in [-0.15, -0.1) is 0 Å². The molecule has 1 aromatic heterocycles. The maximum Gasteiger partial charge on any atom is 0.354 e. The molecular weight excluding hydrogens is 422 g/mol. The van der Waals surface area contributed by atoms with E-state index in [1.807, 2.05) is 109 Å². The summed E-state index contributed by atoms with van der Waals surface area (Å²) in [5, 5.41) is 11.0. The van der Waals surface area contributed by atoms with Crippen LogP contribution in [0.15, 0.2) is 109 Å². The predicted octanol–water partition coefficient (Wildman–Crippen LogP) is 6.77. The van der Waals surface area contributed by atoms with E-state index in [-0.39, 0.29) is 5.69 Å². The number of hydrogen-bond donors (Lipinski definition) is 1. The first-order valence-electron chi connectivity index (χ1n) is 11.2. The smallest absolute Gasteiger partial charge is 0.354 e. The molecule has 4 aromatic carbocycles. The molecule has 4 heteroatoms. The van der Waals surface area contributed by atoms with Crippen molar-refractivity contribution in [2.24, 2.45) is 0 Å². The number of carboxylic acids is 1. The molecule has 0 aliphatic rings. The molecule has 0 aliphatic heterocycles. The molecule has 5 aromatic rings. The average Bonchev–Trinajstić information content (AvgIpc) is 2.89. The largest absolute Gasteiger partial charge is 0.488 e. The number of ether oxygens (including phenoxy) is 1. The van der Waals surface area contributed by atoms with E-state index >= 15 is 0 Å². The fraction of sp³-hybridized carbons (Fsp3) is 0.0667. The SMILES string of the molecule is O=C(O)c1nc2c(-c3ccccc3)cccc2c(OCc2ccccc2)c1Cc1ccccc1. The summed E-state index contributed by atoms with van der Waals surface area (Å²) in [5.74, 6) is -0.506. The van der Waals surface area contributed by atoms with Gasteiger partial charge >= 0.3 is 5.97 Å². The van der Waals surface area contributed by atoms with Crippen LogP contribution in [-0.4, -0.2) is 16.1 Å². The van der Waals surface area contributed by atoms with E-state index in [0.717, 1.165) is 27.6 Å². The Bertz CT molecular complexity index is 1430. The summed E-state index contributed by atoms with van der Waals surface area (Å²) in [6.07, 6.45) is 0.408. The summed E-state index contributed by atoms with van der Waals surface area (Å²) >= 11 is 0. The van der Waals surface area contributed by atoms with Gasteiger partial charge in [0.1, 0.15) is 12.4 Å². The van der Waals surface area contributed by atoms with Crippen molar-refractivity contribution in [3.05, 3.63) is 132 Å². The van der Waals surface area contributed by atoms with E-state index in [1.54, 1.807) is 0 Å². The minimum Gasteiger partial charge on any atom is -0.488 e. The van der Waals surface area contributed by atoms with Crippen molar-refractivity contribution in [2.75, 3.05) is 0 Å². The van der Waals surface area contributed by atoms with Crippen LogP contribution in [0.1, 0.15) is 27.2 Å². The number of para-hydroxylation sites is 1. The first kappa shape index (κ1) is 21.4. The molecule has 0 bridgehead atoms. The lowest BCUT2D eigenvalue weighted by molar-refractivity contribution is 0.0689. The third-order valence-corrected chi connectivity index (χ3v) is 5.80. The van der Waals surface area contributed by atoms with Crippen molar-refractivity contribution in [2.45, 2.75) is 13.0 Å². The van der Waals surface area contributed by atoms with Gasteiger partial charge in [-0.05, 0) is 22.8 Å². The Kier molecular flexibility index (Phi) is 6.04. The van der Waals surface area contributed by atoms with Crippen molar-refractivity contribution in [1.82, 2.24) is 4.98 Å². The zero-order chi connectivity index (χ0) is 23.3. The van der Waals surface area contributed by atoms with Gasteiger partial charge in [0.2, 0.25) is 0 Å². The summed E-state index contributed by atoms with van der Waals surface area (Å²) in [7, 11) is 0. The van der Waals surface area contributed by atoms with Crippen molar-refractivity contribution >= 4 is 16.9 Å². The molecule has 1 N–H and O–H groups in total. The molecular formula is C30H23NO3. The lowest BCUT2D eigenvalue weighted by Crippen LogP contribution is -2.11. The Morgan fingerprint density at radius 3 is 2.00 bits per heavy atom. The number of nitrogens with zero attached hydrogens (tertiary/aromatic N) is 1. The fourth-order valence-corrected chi connectivity index (χ4v) is 4.18. The number of fused-ring (bicyclic) bond motifs is 1. The normalized spacial score (nSPS) is 10.8. The Hall–Kier alpha value is -4.44. The van der Waals surface area contributed by atoms with Crippen LogP contribution in [-0.2, 0) is 13.0 Å². The van der Waals surface area contributed by atoms with Crippen molar-refractivity contribution < 1.29 is 14.6 Å². The molecule has 0 spiro atoms. The number of hydrogen-bond acceptors (Lipinski definition) is 3. The molecule has 0 amide bonds. The Morgan fingerprint density at radius 1 is 0.735 bits per heavy atom. The van der Waals surface area contributed by atoms with Gasteiger partial charge in [-0.2, -0.15) is 0 Å². The summed E-state index contributed by atoms with van der Waals surface area (Å²) in [4.78, 5) is 17.1. The lowest BCUT2D eigenvalue weighted by Gasteiger charge is -2.18. The molecule has 166 valence electrons. The van der Waals surface area contributed by atoms with Crippen LogP contribution in [0.4, 0.5) is 0 Å². The fourth-order valence-electron chi connectivity index (χ4n) is 4.18. The highest BCUT2D eigenvalue weighted by atomic mass is 16.5. The highest BCUT2D eigenvalue weighted by molar-refractivity contribution is 6.01. The molecule has 0 saturated carbocycles. The highest BCUT2D eigenvalue weighted by Crippen LogP contribution is 2.37. The molecule has 0 aliphatic carbocycles. The molecule has 5 rings (SSSR count). The Balaban J connectivity index is 1.73. The highest BCUT2D eigenvalue weighted by Gasteiger charge is 2.23. The van der Waals surface area contributed by atoms with Crippen LogP contribution < -0.4 is 4.74 Å². The standard InChI is InChI=1S/C30H23NO3/c32-30(33)28-26(19-21-11-4-1-5-12-21)29(34-20-22-13-6-2-7-14-22)25-18-10-17-24(27(25)31-28)23-15-8-3-9-16-23/h1-18H,19-20H2,(H,32,33). The van der Waals surface area contributed by atoms with Crippen LogP contribution in [0.25, 0.3) is 22.0 Å². The number of carboxylic acid groups (broad SMARTS) is 1. The van der Waals surface area contributed by atoms with E-state index < -0.39 is 5.97 Å². The summed E-state index contributed by atoms with van der Waals surface area (Å²) in [6.45, 7) is 0.330. The zero-order valence-corrected chi connectivity index (χ0v) is 18.5. The summed E-state index contributed by atoms with van der Waals surface area (Å²) < 4.78 is 6.39. The van der Waals surface area contributed by atoms with Crippen molar-refractivity contribution in [3.8, 4) is 16.9 Å². The van der Waals surface area contributed by atoms with Crippen LogP contribution >= 0.6 is 0 Å². The van der Waals surface area contributed by atoms with Crippen LogP contribution in [0.5, 0.6) is 5.75 Å². The average molecular weight is 446 g/mol. The van der Waals surface area contributed by atoms with Gasteiger partial charge in [-0.25, -0.2) is 9.78 Å². The maximum atomic E-state index is 12.4. The van der Waals surface area contributed by atoms with Crippen LogP contribution in [0.2, 0.25) is 0 Å². The van der Waals surface area contributed by atoms with Crippen molar-refractivity contribution in [3.63, 3.8) is 0 Å². The van der Waals surface area contributed by atoms with E-state index in [2.05, 4.69) is 4.98 Å². The molecule has 0 atom stereocenters. The molecule has 0 saturated heterocycles. The third-order valence-electron chi connectivity index (χ3n) is 5.80. The number of aromatic nitrogens is 1. The third kappa shape index (κ3) is 4.39. The van der Waals surface area contributed by atoms with Gasteiger partial charge in [0.25, 0.3) is 0 Å². The molecule has 0 fully saturated rings. The summed E-state index contributed by atoms with van der Waals surface area (Å²) in [5.41, 5.74) is 5.06. The lowest BCUT2D eigenvalue weighted by atomic mass is 9.96. The van der Waals surface area contributed by atoms with E-state index in [0.29, 0.717) is 29.9 Å². The van der Waals surface area contributed by atoms with Crippen LogP contribution in [0.3, 0.4) is 0 Å². The zero-order valence-electron chi connectivity index (χ0n) is 18.5. The topological polar surface area (TPSA) is 59.4 Å². The number of aromatic carboxylic acids is 1. The minimum absolute atomic E-state index is 0.0165. The van der Waals surface area contributed by atoms with Gasteiger partial charge in [0.05, 0.1) is 5.52 Å². The Labute approximate surface area is 198 Å². The number of benzene rings is 4. The molecule has 1 heterocycles. The second kappa shape index (κ2) is 9.59. The minimum atomic E-state index is -1.07. The van der Waals surface area contributed by atoms with Gasteiger partial charge in [0, 0.05) is 22.9 Å². The second-order valence-corrected chi connectivity index (χ2v) is 8.08. The monoisotopic (exact) mass is 445 g/mol. The molecule has 34 heavy (non-hydrogen) atoms. The van der Waals surface area contributed by atoms with Crippen molar-refractivity contribution in [1.29, 1.82) is 0 Å². The quantitative estimate of drug-likeness (QED) is 0.300. The molecule has 0 radical (unpaired) electrons. The number of carbonyl (C=O) groups is 1. The van der Waals surface area contributed by atoms with E-state index in [4.69, 9.17) is 4.74 Å². The van der Waals surface area contributed by atoms with Gasteiger partial charge in [-0.3, -0.25) is 0 Å². The number of pyridine rings is 1.